The first-order chi connectivity index (χ1) is 15.0. The number of amides is 1. The first-order valence-corrected chi connectivity index (χ1v) is 10.2. The summed E-state index contributed by atoms with van der Waals surface area (Å²) >= 11 is 0. The van der Waals surface area contributed by atoms with Crippen molar-refractivity contribution in [1.82, 2.24) is 4.98 Å². The zero-order valence-electron chi connectivity index (χ0n) is 16.6. The summed E-state index contributed by atoms with van der Waals surface area (Å²) in [6.45, 7) is 0.504. The second-order valence-electron chi connectivity index (χ2n) is 7.74. The lowest BCUT2D eigenvalue weighted by atomic mass is 9.98. The minimum atomic E-state index is -1.18. The van der Waals surface area contributed by atoms with Crippen LogP contribution >= 0.6 is 0 Å². The van der Waals surface area contributed by atoms with Crippen molar-refractivity contribution >= 4 is 17.9 Å². The van der Waals surface area contributed by atoms with Crippen molar-refractivity contribution in [2.75, 3.05) is 18.1 Å². The average Bonchev–Trinajstić information content (AvgIpc) is 3.10. The number of nitrogens with zero attached hydrogens (tertiary/aromatic N) is 1. The summed E-state index contributed by atoms with van der Waals surface area (Å²) in [6.07, 6.45) is 0.464. The van der Waals surface area contributed by atoms with E-state index in [1.807, 2.05) is 36.4 Å². The van der Waals surface area contributed by atoms with E-state index in [0.717, 1.165) is 28.3 Å². The normalized spacial score (nSPS) is 14.5. The molecule has 0 radical (unpaired) electrons. The Hall–Kier alpha value is -3.87. The molecule has 7 heteroatoms. The van der Waals surface area contributed by atoms with Crippen LogP contribution in [0.4, 0.5) is 10.6 Å². The third-order valence-corrected chi connectivity index (χ3v) is 5.99. The lowest BCUT2D eigenvalue weighted by molar-refractivity contribution is 0.0695. The second-order valence-corrected chi connectivity index (χ2v) is 7.74. The molecule has 5 rings (SSSR count). The molecular weight excluding hydrogens is 396 g/mol. The summed E-state index contributed by atoms with van der Waals surface area (Å²) in [5.41, 5.74) is 4.31. The zero-order chi connectivity index (χ0) is 21.5. The van der Waals surface area contributed by atoms with Crippen LogP contribution in [0.2, 0.25) is 0 Å². The number of carbonyl (C=O) groups excluding carboxylic acids is 1. The highest BCUT2D eigenvalue weighted by molar-refractivity contribution is 5.94. The fraction of sp³-hybridized carbons (Fsp3) is 0.208. The van der Waals surface area contributed by atoms with Crippen molar-refractivity contribution in [1.29, 1.82) is 0 Å². The Kier molecular flexibility index (Phi) is 4.58. The summed E-state index contributed by atoms with van der Waals surface area (Å²) in [5.74, 6) is -1.05. The van der Waals surface area contributed by atoms with Crippen LogP contribution in [-0.4, -0.2) is 35.3 Å². The molecule has 0 unspecified atom stereocenters. The molecular formula is C24H20N2O5. The molecule has 1 aliphatic carbocycles. The summed E-state index contributed by atoms with van der Waals surface area (Å²) in [6, 6.07) is 17.2. The maximum absolute atomic E-state index is 13.0. The Labute approximate surface area is 177 Å². The number of hydrogen-bond acceptors (Lipinski definition) is 4. The summed E-state index contributed by atoms with van der Waals surface area (Å²) < 4.78 is 5.69. The summed E-state index contributed by atoms with van der Waals surface area (Å²) in [5, 5.41) is 9.44. The van der Waals surface area contributed by atoms with E-state index in [1.165, 1.54) is 4.90 Å². The summed E-state index contributed by atoms with van der Waals surface area (Å²) in [4.78, 5) is 40.4. The molecule has 156 valence electrons. The highest BCUT2D eigenvalue weighted by atomic mass is 16.6. The number of pyridine rings is 1. The molecule has 1 amide bonds. The average molecular weight is 416 g/mol. The number of aromatic nitrogens is 1. The maximum atomic E-state index is 13.0. The number of anilines is 1. The Balaban J connectivity index is 1.42. The molecule has 2 aromatic carbocycles. The minimum absolute atomic E-state index is 0.0742. The summed E-state index contributed by atoms with van der Waals surface area (Å²) in [7, 11) is 0. The van der Waals surface area contributed by atoms with Crippen LogP contribution in [0.1, 0.15) is 39.4 Å². The molecule has 7 nitrogen and oxygen atoms in total. The maximum Gasteiger partial charge on any atom is 0.415 e. The number of rotatable bonds is 3. The number of fused-ring (bicyclic) bond motifs is 4. The predicted molar refractivity (Wildman–Crippen MR) is 115 cm³/mol. The molecule has 2 heterocycles. The number of carboxylic acids is 1. The van der Waals surface area contributed by atoms with E-state index in [1.54, 1.807) is 0 Å². The standard InChI is InChI=1S/C24H20N2O5/c27-21-12-19(23(28)29)18-10-5-11-26(22(18)25-21)24(30)31-13-20-16-8-3-1-6-14(16)15-7-2-4-9-17(15)20/h1-4,6-9,12,20H,5,10-11,13H2,(H,25,27)(H,28,29). The monoisotopic (exact) mass is 416 g/mol. The lowest BCUT2D eigenvalue weighted by Gasteiger charge is -2.29. The molecule has 0 saturated heterocycles. The molecule has 31 heavy (non-hydrogen) atoms. The number of carbonyl (C=O) groups is 2. The number of aromatic carboxylic acids is 1. The van der Waals surface area contributed by atoms with Gasteiger partial charge in [-0.3, -0.25) is 9.69 Å². The molecule has 2 N–H and O–H groups in total. The molecule has 0 saturated carbocycles. The molecule has 2 aliphatic rings. The fourth-order valence-electron chi connectivity index (χ4n) is 4.63. The highest BCUT2D eigenvalue weighted by Gasteiger charge is 2.32. The van der Waals surface area contributed by atoms with Crippen molar-refractivity contribution in [3.05, 3.63) is 87.2 Å². The van der Waals surface area contributed by atoms with Gasteiger partial charge in [-0.15, -0.1) is 0 Å². The number of H-pyrrole nitrogens is 1. The minimum Gasteiger partial charge on any atom is -0.478 e. The first kappa shape index (κ1) is 19.1. The third-order valence-electron chi connectivity index (χ3n) is 5.99. The third kappa shape index (κ3) is 3.18. The molecule has 0 spiro atoms. The molecule has 1 aliphatic heterocycles. The van der Waals surface area contributed by atoms with Gasteiger partial charge in [0.05, 0.1) is 5.56 Å². The smallest absolute Gasteiger partial charge is 0.415 e. The van der Waals surface area contributed by atoms with Crippen molar-refractivity contribution in [3.63, 3.8) is 0 Å². The van der Waals surface area contributed by atoms with Crippen LogP contribution in [0.5, 0.6) is 0 Å². The highest BCUT2D eigenvalue weighted by Crippen LogP contribution is 2.44. The SMILES string of the molecule is O=C(O)c1cc(=O)[nH]c2c1CCCN2C(=O)OCC1c2ccccc2-c2ccccc21. The van der Waals surface area contributed by atoms with Gasteiger partial charge in [0.15, 0.2) is 0 Å². The van der Waals surface area contributed by atoms with Gasteiger partial charge in [-0.25, -0.2) is 9.59 Å². The Morgan fingerprint density at radius 2 is 1.71 bits per heavy atom. The molecule has 0 atom stereocenters. The van der Waals surface area contributed by atoms with Gasteiger partial charge in [-0.2, -0.15) is 0 Å². The van der Waals surface area contributed by atoms with Gasteiger partial charge in [0.25, 0.3) is 0 Å². The van der Waals surface area contributed by atoms with E-state index in [-0.39, 0.29) is 23.9 Å². The van der Waals surface area contributed by atoms with Crippen LogP contribution < -0.4 is 10.5 Å². The van der Waals surface area contributed by atoms with Crippen LogP contribution in [0.25, 0.3) is 11.1 Å². The van der Waals surface area contributed by atoms with E-state index in [9.17, 15) is 19.5 Å². The molecule has 1 aromatic heterocycles. The van der Waals surface area contributed by atoms with Gasteiger partial charge in [0.2, 0.25) is 5.56 Å². The van der Waals surface area contributed by atoms with E-state index >= 15 is 0 Å². The molecule has 0 bridgehead atoms. The van der Waals surface area contributed by atoms with Gasteiger partial charge >= 0.3 is 12.1 Å². The van der Waals surface area contributed by atoms with Crippen LogP contribution in [-0.2, 0) is 11.2 Å². The largest absolute Gasteiger partial charge is 0.478 e. The van der Waals surface area contributed by atoms with E-state index in [2.05, 4.69) is 17.1 Å². The van der Waals surface area contributed by atoms with Crippen molar-refractivity contribution < 1.29 is 19.4 Å². The second kappa shape index (κ2) is 7.43. The number of aromatic amines is 1. The van der Waals surface area contributed by atoms with Gasteiger partial charge < -0.3 is 14.8 Å². The quantitative estimate of drug-likeness (QED) is 0.677. The Morgan fingerprint density at radius 3 is 2.35 bits per heavy atom. The van der Waals surface area contributed by atoms with Gasteiger partial charge in [-0.1, -0.05) is 48.5 Å². The number of carboxylic acid groups (broad SMARTS) is 1. The van der Waals surface area contributed by atoms with Gasteiger partial charge in [0.1, 0.15) is 12.4 Å². The van der Waals surface area contributed by atoms with Crippen molar-refractivity contribution in [2.24, 2.45) is 0 Å². The van der Waals surface area contributed by atoms with E-state index < -0.39 is 17.6 Å². The molecule has 3 aromatic rings. The number of benzene rings is 2. The Bertz CT molecular complexity index is 1220. The number of hydrogen-bond donors (Lipinski definition) is 2. The number of nitrogens with one attached hydrogen (secondary N) is 1. The topological polar surface area (TPSA) is 99.7 Å². The Morgan fingerprint density at radius 1 is 1.06 bits per heavy atom. The van der Waals surface area contributed by atoms with Crippen LogP contribution in [0.15, 0.2) is 59.4 Å². The van der Waals surface area contributed by atoms with Crippen molar-refractivity contribution in [3.8, 4) is 11.1 Å². The lowest BCUT2D eigenvalue weighted by Crippen LogP contribution is -2.39. The molecule has 0 fully saturated rings. The first-order valence-electron chi connectivity index (χ1n) is 10.2. The van der Waals surface area contributed by atoms with E-state index in [4.69, 9.17) is 4.74 Å². The number of ether oxygens (including phenoxy) is 1. The van der Waals surface area contributed by atoms with Crippen LogP contribution in [0.3, 0.4) is 0 Å². The fourth-order valence-corrected chi connectivity index (χ4v) is 4.63. The van der Waals surface area contributed by atoms with Crippen molar-refractivity contribution in [2.45, 2.75) is 18.8 Å². The zero-order valence-corrected chi connectivity index (χ0v) is 16.6. The van der Waals surface area contributed by atoms with E-state index in [0.29, 0.717) is 24.9 Å². The van der Waals surface area contributed by atoms with Gasteiger partial charge in [0, 0.05) is 24.1 Å². The van der Waals surface area contributed by atoms with Crippen LogP contribution in [0, 0.1) is 0 Å². The van der Waals surface area contributed by atoms with Gasteiger partial charge in [-0.05, 0) is 35.1 Å². The predicted octanol–water partition coefficient (Wildman–Crippen LogP) is 3.77.